The van der Waals surface area contributed by atoms with Gasteiger partial charge < -0.3 is 15.4 Å². The predicted octanol–water partition coefficient (Wildman–Crippen LogP) is 2.09. The molecule has 0 fully saturated rings. The van der Waals surface area contributed by atoms with Crippen LogP contribution < -0.4 is 5.73 Å². The van der Waals surface area contributed by atoms with Crippen molar-refractivity contribution in [2.45, 2.75) is 25.3 Å². The first-order valence-electron chi connectivity index (χ1n) is 6.31. The highest BCUT2D eigenvalue weighted by atomic mass is 16.4. The van der Waals surface area contributed by atoms with Crippen LogP contribution in [0.15, 0.2) is 30.5 Å². The van der Waals surface area contributed by atoms with Crippen LogP contribution >= 0.6 is 0 Å². The number of anilines is 1. The number of nitrogen functional groups attached to an aromatic ring is 1. The van der Waals surface area contributed by atoms with Gasteiger partial charge in [-0.3, -0.25) is 4.79 Å². The van der Waals surface area contributed by atoms with E-state index in [0.717, 1.165) is 24.2 Å². The zero-order valence-corrected chi connectivity index (χ0v) is 10.4. The second-order valence-electron chi connectivity index (χ2n) is 4.84. The molecule has 1 aromatic heterocycles. The van der Waals surface area contributed by atoms with Gasteiger partial charge in [-0.25, -0.2) is 4.98 Å². The van der Waals surface area contributed by atoms with Crippen molar-refractivity contribution in [2.75, 3.05) is 5.73 Å². The van der Waals surface area contributed by atoms with E-state index >= 15 is 0 Å². The van der Waals surface area contributed by atoms with Crippen molar-refractivity contribution in [3.63, 3.8) is 0 Å². The first-order valence-corrected chi connectivity index (χ1v) is 6.31. The van der Waals surface area contributed by atoms with Crippen LogP contribution in [0.5, 0.6) is 0 Å². The summed E-state index contributed by atoms with van der Waals surface area (Å²) in [7, 11) is 0. The van der Waals surface area contributed by atoms with Gasteiger partial charge in [-0.05, 0) is 25.0 Å². The lowest BCUT2D eigenvalue weighted by atomic mass is 9.99. The molecule has 1 atom stereocenters. The molecule has 2 heterocycles. The molecule has 0 saturated heterocycles. The molecule has 0 aliphatic carbocycles. The van der Waals surface area contributed by atoms with E-state index in [1.54, 1.807) is 0 Å². The molecule has 5 nitrogen and oxygen atoms in total. The maximum atomic E-state index is 11.2. The Hall–Kier alpha value is -2.30. The number of nitrogens with two attached hydrogens (primary N) is 1. The van der Waals surface area contributed by atoms with Gasteiger partial charge >= 0.3 is 5.97 Å². The van der Waals surface area contributed by atoms with Crippen LogP contribution in [0.1, 0.15) is 24.6 Å². The van der Waals surface area contributed by atoms with Crippen LogP contribution in [0.2, 0.25) is 0 Å². The molecule has 1 aromatic carbocycles. The molecule has 5 heteroatoms. The van der Waals surface area contributed by atoms with Crippen LogP contribution in [0, 0.1) is 0 Å². The van der Waals surface area contributed by atoms with Gasteiger partial charge in [-0.15, -0.1) is 0 Å². The van der Waals surface area contributed by atoms with E-state index < -0.39 is 11.9 Å². The zero-order chi connectivity index (χ0) is 13.4. The summed E-state index contributed by atoms with van der Waals surface area (Å²) < 4.78 is 1.95. The van der Waals surface area contributed by atoms with Crippen molar-refractivity contribution in [3.05, 3.63) is 36.3 Å². The fourth-order valence-electron chi connectivity index (χ4n) is 2.55. The highest BCUT2D eigenvalue weighted by molar-refractivity contribution is 5.75. The van der Waals surface area contributed by atoms with E-state index in [1.807, 2.05) is 35.0 Å². The summed E-state index contributed by atoms with van der Waals surface area (Å²) in [5.41, 5.74) is 8.15. The predicted molar refractivity (Wildman–Crippen MR) is 71.7 cm³/mol. The van der Waals surface area contributed by atoms with E-state index in [2.05, 4.69) is 4.98 Å². The lowest BCUT2D eigenvalue weighted by Crippen LogP contribution is -2.21. The highest BCUT2D eigenvalue weighted by Crippen LogP contribution is 2.30. The normalized spacial score (nSPS) is 18.0. The number of benzene rings is 1. The van der Waals surface area contributed by atoms with Gasteiger partial charge in [0.2, 0.25) is 0 Å². The fourth-order valence-corrected chi connectivity index (χ4v) is 2.55. The summed E-state index contributed by atoms with van der Waals surface area (Å²) in [6.45, 7) is 0.828. The number of hydrogen-bond donors (Lipinski definition) is 2. The van der Waals surface area contributed by atoms with Crippen LogP contribution in [-0.4, -0.2) is 20.6 Å². The van der Waals surface area contributed by atoms with Crippen LogP contribution in [-0.2, 0) is 11.3 Å². The van der Waals surface area contributed by atoms with Gasteiger partial charge in [0.05, 0.1) is 5.69 Å². The molecular formula is C14H15N3O2. The van der Waals surface area contributed by atoms with Gasteiger partial charge in [0, 0.05) is 24.0 Å². The van der Waals surface area contributed by atoms with Crippen molar-refractivity contribution < 1.29 is 9.90 Å². The van der Waals surface area contributed by atoms with Gasteiger partial charge in [-0.1, -0.05) is 12.1 Å². The molecule has 0 saturated carbocycles. The van der Waals surface area contributed by atoms with Crippen LogP contribution in [0.4, 0.5) is 5.69 Å². The molecule has 0 radical (unpaired) electrons. The number of carbonyl (C=O) groups is 1. The van der Waals surface area contributed by atoms with E-state index in [1.165, 1.54) is 0 Å². The standard InChI is InChI=1S/C14H15N3O2/c15-10-4-1-3-9(7-10)12-8-17-6-2-5-11(14(18)19)13(17)16-12/h1,3-4,7-8,11H,2,5-6,15H2,(H,18,19). The minimum Gasteiger partial charge on any atom is -0.481 e. The molecule has 98 valence electrons. The van der Waals surface area contributed by atoms with Gasteiger partial charge in [0.25, 0.3) is 0 Å². The smallest absolute Gasteiger partial charge is 0.314 e. The molecule has 0 bridgehead atoms. The molecule has 3 rings (SSSR count). The van der Waals surface area contributed by atoms with Crippen molar-refractivity contribution in [1.82, 2.24) is 9.55 Å². The number of fused-ring (bicyclic) bond motifs is 1. The topological polar surface area (TPSA) is 81.1 Å². The summed E-state index contributed by atoms with van der Waals surface area (Å²) in [6, 6.07) is 7.47. The average molecular weight is 257 g/mol. The second-order valence-corrected chi connectivity index (χ2v) is 4.84. The maximum absolute atomic E-state index is 11.2. The molecule has 1 unspecified atom stereocenters. The summed E-state index contributed by atoms with van der Waals surface area (Å²) >= 11 is 0. The van der Waals surface area contributed by atoms with Crippen molar-refractivity contribution in [2.24, 2.45) is 0 Å². The first-order chi connectivity index (χ1) is 9.15. The Morgan fingerprint density at radius 2 is 2.32 bits per heavy atom. The lowest BCUT2D eigenvalue weighted by molar-refractivity contribution is -0.139. The van der Waals surface area contributed by atoms with Crippen molar-refractivity contribution in [1.29, 1.82) is 0 Å². The Morgan fingerprint density at radius 3 is 3.05 bits per heavy atom. The monoisotopic (exact) mass is 257 g/mol. The first kappa shape index (κ1) is 11.8. The Bertz CT molecular complexity index is 633. The fraction of sp³-hybridized carbons (Fsp3) is 0.286. The van der Waals surface area contributed by atoms with Crippen LogP contribution in [0.25, 0.3) is 11.3 Å². The largest absolute Gasteiger partial charge is 0.481 e. The maximum Gasteiger partial charge on any atom is 0.314 e. The van der Waals surface area contributed by atoms with Crippen molar-refractivity contribution in [3.8, 4) is 11.3 Å². The number of rotatable bonds is 2. The van der Waals surface area contributed by atoms with E-state index in [0.29, 0.717) is 17.9 Å². The molecule has 0 spiro atoms. The minimum atomic E-state index is -0.800. The molecule has 3 N–H and O–H groups in total. The second kappa shape index (κ2) is 4.42. The number of hydrogen-bond acceptors (Lipinski definition) is 3. The molecular weight excluding hydrogens is 242 g/mol. The summed E-state index contributed by atoms with van der Waals surface area (Å²) in [5, 5.41) is 9.24. The number of carboxylic acids is 1. The quantitative estimate of drug-likeness (QED) is 0.807. The zero-order valence-electron chi connectivity index (χ0n) is 10.4. The van der Waals surface area contributed by atoms with Crippen LogP contribution in [0.3, 0.4) is 0 Å². The van der Waals surface area contributed by atoms with E-state index in [9.17, 15) is 9.90 Å². The Kier molecular flexibility index (Phi) is 2.74. The third-order valence-corrected chi connectivity index (χ3v) is 3.49. The van der Waals surface area contributed by atoms with E-state index in [4.69, 9.17) is 5.73 Å². The summed E-state index contributed by atoms with van der Waals surface area (Å²) in [5.74, 6) is -0.648. The molecule has 2 aromatic rings. The van der Waals surface area contributed by atoms with Gasteiger partial charge in [-0.2, -0.15) is 0 Å². The lowest BCUT2D eigenvalue weighted by Gasteiger charge is -2.19. The highest BCUT2D eigenvalue weighted by Gasteiger charge is 2.28. The Balaban J connectivity index is 2.04. The third kappa shape index (κ3) is 2.07. The average Bonchev–Trinajstić information content (AvgIpc) is 2.82. The Labute approximate surface area is 110 Å². The van der Waals surface area contributed by atoms with E-state index in [-0.39, 0.29) is 0 Å². The van der Waals surface area contributed by atoms with Gasteiger partial charge in [0.15, 0.2) is 0 Å². The number of nitrogens with zero attached hydrogens (tertiary/aromatic N) is 2. The van der Waals surface area contributed by atoms with Gasteiger partial charge in [0.1, 0.15) is 11.7 Å². The number of aromatic nitrogens is 2. The summed E-state index contributed by atoms with van der Waals surface area (Å²) in [6.07, 6.45) is 3.44. The molecule has 19 heavy (non-hydrogen) atoms. The third-order valence-electron chi connectivity index (χ3n) is 3.49. The molecule has 0 amide bonds. The Morgan fingerprint density at radius 1 is 1.47 bits per heavy atom. The number of carboxylic acid groups (broad SMARTS) is 1. The number of aliphatic carboxylic acids is 1. The minimum absolute atomic E-state index is 0.497. The summed E-state index contributed by atoms with van der Waals surface area (Å²) in [4.78, 5) is 15.7. The number of imidazole rings is 1. The van der Waals surface area contributed by atoms with Crippen molar-refractivity contribution >= 4 is 11.7 Å². The SMILES string of the molecule is Nc1cccc(-c2cn3c(n2)C(C(=O)O)CCC3)c1. The number of aryl methyl sites for hydroxylation is 1. The molecule has 1 aliphatic heterocycles. The molecule has 1 aliphatic rings.